The molecule has 4 nitrogen and oxygen atoms in total. The molecule has 0 aliphatic heterocycles. The third kappa shape index (κ3) is 3.88. The Balaban J connectivity index is 1.93. The van der Waals surface area contributed by atoms with Gasteiger partial charge in [0.1, 0.15) is 0 Å². The van der Waals surface area contributed by atoms with Gasteiger partial charge in [-0.05, 0) is 49.7 Å². The molecular weight excluding hydrogens is 250 g/mol. The molecule has 0 radical (unpaired) electrons. The Bertz CT molecular complexity index is 570. The highest BCUT2D eigenvalue weighted by atomic mass is 16.1. The lowest BCUT2D eigenvalue weighted by molar-refractivity contribution is 0.0943. The van der Waals surface area contributed by atoms with Gasteiger partial charge in [-0.15, -0.1) is 0 Å². The molecular formula is C16H21N3O. The number of nitrogens with one attached hydrogen (secondary N) is 2. The first-order valence-corrected chi connectivity index (χ1v) is 6.80. The average Bonchev–Trinajstić information content (AvgIpc) is 2.82. The van der Waals surface area contributed by atoms with E-state index in [9.17, 15) is 4.79 Å². The number of hydrogen-bond acceptors (Lipinski definition) is 2. The van der Waals surface area contributed by atoms with Gasteiger partial charge in [-0.25, -0.2) is 0 Å². The van der Waals surface area contributed by atoms with E-state index in [1.54, 1.807) is 0 Å². The summed E-state index contributed by atoms with van der Waals surface area (Å²) in [5.41, 5.74) is 2.92. The highest BCUT2D eigenvalue weighted by Gasteiger charge is 2.06. The van der Waals surface area contributed by atoms with Crippen molar-refractivity contribution in [2.45, 2.75) is 26.4 Å². The van der Waals surface area contributed by atoms with Crippen molar-refractivity contribution in [3.05, 3.63) is 53.9 Å². The lowest BCUT2D eigenvalue weighted by Gasteiger charge is -2.09. The van der Waals surface area contributed by atoms with Crippen LogP contribution in [0.2, 0.25) is 0 Å². The average molecular weight is 271 g/mol. The van der Waals surface area contributed by atoms with Crippen LogP contribution in [0, 0.1) is 0 Å². The van der Waals surface area contributed by atoms with Crippen molar-refractivity contribution < 1.29 is 4.79 Å². The second-order valence-electron chi connectivity index (χ2n) is 5.24. The van der Waals surface area contributed by atoms with Crippen molar-refractivity contribution in [3.8, 4) is 0 Å². The van der Waals surface area contributed by atoms with E-state index in [-0.39, 0.29) is 11.9 Å². The normalized spacial score (nSPS) is 10.6. The molecule has 1 amide bonds. The van der Waals surface area contributed by atoms with Crippen LogP contribution in [-0.2, 0) is 13.6 Å². The Morgan fingerprint density at radius 3 is 2.45 bits per heavy atom. The molecule has 1 aromatic heterocycles. The number of hydrogen-bond donors (Lipinski definition) is 2. The van der Waals surface area contributed by atoms with Crippen LogP contribution < -0.4 is 10.6 Å². The summed E-state index contributed by atoms with van der Waals surface area (Å²) in [6.45, 7) is 4.68. The number of nitrogens with zero attached hydrogens (tertiary/aromatic N) is 1. The molecule has 2 rings (SSSR count). The summed E-state index contributed by atoms with van der Waals surface area (Å²) in [6, 6.07) is 9.77. The quantitative estimate of drug-likeness (QED) is 0.878. The van der Waals surface area contributed by atoms with Gasteiger partial charge in [0, 0.05) is 43.3 Å². The Labute approximate surface area is 119 Å². The van der Waals surface area contributed by atoms with Gasteiger partial charge in [-0.2, -0.15) is 0 Å². The van der Waals surface area contributed by atoms with Gasteiger partial charge in [0.25, 0.3) is 5.91 Å². The third-order valence-corrected chi connectivity index (χ3v) is 2.96. The fraction of sp³-hybridized carbons (Fsp3) is 0.312. The molecule has 0 saturated carbocycles. The van der Waals surface area contributed by atoms with Gasteiger partial charge >= 0.3 is 0 Å². The third-order valence-electron chi connectivity index (χ3n) is 2.96. The van der Waals surface area contributed by atoms with E-state index in [0.29, 0.717) is 5.56 Å². The molecule has 4 heteroatoms. The van der Waals surface area contributed by atoms with E-state index >= 15 is 0 Å². The zero-order valence-electron chi connectivity index (χ0n) is 12.2. The van der Waals surface area contributed by atoms with Crippen molar-refractivity contribution in [1.82, 2.24) is 9.88 Å². The van der Waals surface area contributed by atoms with Crippen LogP contribution in [0.4, 0.5) is 5.69 Å². The van der Waals surface area contributed by atoms with Crippen molar-refractivity contribution in [1.29, 1.82) is 0 Å². The van der Waals surface area contributed by atoms with Crippen molar-refractivity contribution in [2.24, 2.45) is 7.05 Å². The number of carbonyl (C=O) groups is 1. The maximum absolute atomic E-state index is 11.8. The van der Waals surface area contributed by atoms with E-state index in [2.05, 4.69) is 22.9 Å². The van der Waals surface area contributed by atoms with Gasteiger partial charge in [-0.1, -0.05) is 0 Å². The Morgan fingerprint density at radius 1 is 1.20 bits per heavy atom. The van der Waals surface area contributed by atoms with Crippen LogP contribution in [0.5, 0.6) is 0 Å². The number of benzene rings is 1. The lowest BCUT2D eigenvalue weighted by Crippen LogP contribution is -2.29. The molecule has 0 saturated heterocycles. The Kier molecular flexibility index (Phi) is 4.45. The van der Waals surface area contributed by atoms with E-state index in [4.69, 9.17) is 0 Å². The van der Waals surface area contributed by atoms with Gasteiger partial charge in [0.15, 0.2) is 0 Å². The molecule has 106 valence electrons. The zero-order chi connectivity index (χ0) is 14.5. The van der Waals surface area contributed by atoms with Crippen molar-refractivity contribution in [2.75, 3.05) is 5.32 Å². The summed E-state index contributed by atoms with van der Waals surface area (Å²) in [6.07, 6.45) is 4.10. The van der Waals surface area contributed by atoms with E-state index in [1.165, 1.54) is 5.56 Å². The summed E-state index contributed by atoms with van der Waals surface area (Å²) in [5.74, 6) is -0.0328. The molecule has 0 unspecified atom stereocenters. The minimum absolute atomic E-state index is 0.0328. The van der Waals surface area contributed by atoms with E-state index in [0.717, 1.165) is 12.2 Å². The molecule has 0 aliphatic rings. The summed E-state index contributed by atoms with van der Waals surface area (Å²) < 4.78 is 2.02. The maximum Gasteiger partial charge on any atom is 0.251 e. The minimum atomic E-state index is -0.0328. The minimum Gasteiger partial charge on any atom is -0.381 e. The van der Waals surface area contributed by atoms with Gasteiger partial charge < -0.3 is 15.2 Å². The van der Waals surface area contributed by atoms with Gasteiger partial charge in [0.05, 0.1) is 0 Å². The predicted octanol–water partition coefficient (Wildman–Crippen LogP) is 2.78. The molecule has 0 fully saturated rings. The summed E-state index contributed by atoms with van der Waals surface area (Å²) >= 11 is 0. The standard InChI is InChI=1S/C16H21N3O/c1-12(2)18-16(20)14-4-6-15(7-5-14)17-10-13-8-9-19(3)11-13/h4-9,11-12,17H,10H2,1-3H3,(H,18,20). The zero-order valence-corrected chi connectivity index (χ0v) is 12.2. The molecule has 0 aliphatic carbocycles. The first-order chi connectivity index (χ1) is 9.54. The molecule has 20 heavy (non-hydrogen) atoms. The van der Waals surface area contributed by atoms with Crippen LogP contribution in [0.25, 0.3) is 0 Å². The first kappa shape index (κ1) is 14.2. The highest BCUT2D eigenvalue weighted by molar-refractivity contribution is 5.94. The molecule has 1 heterocycles. The fourth-order valence-corrected chi connectivity index (χ4v) is 1.95. The van der Waals surface area contributed by atoms with Crippen LogP contribution in [0.1, 0.15) is 29.8 Å². The predicted molar refractivity (Wildman–Crippen MR) is 81.8 cm³/mol. The van der Waals surface area contributed by atoms with Crippen LogP contribution in [0.3, 0.4) is 0 Å². The molecule has 2 aromatic rings. The van der Waals surface area contributed by atoms with E-state index < -0.39 is 0 Å². The highest BCUT2D eigenvalue weighted by Crippen LogP contribution is 2.11. The number of aryl methyl sites for hydroxylation is 1. The number of aromatic nitrogens is 1. The summed E-state index contributed by atoms with van der Waals surface area (Å²) in [4.78, 5) is 11.8. The Hall–Kier alpha value is -2.23. The number of rotatable bonds is 5. The van der Waals surface area contributed by atoms with Crippen LogP contribution >= 0.6 is 0 Å². The number of anilines is 1. The summed E-state index contributed by atoms with van der Waals surface area (Å²) in [5, 5.41) is 6.21. The van der Waals surface area contributed by atoms with Crippen LogP contribution in [-0.4, -0.2) is 16.5 Å². The Morgan fingerprint density at radius 2 is 1.90 bits per heavy atom. The SMILES string of the molecule is CC(C)NC(=O)c1ccc(NCc2ccn(C)c2)cc1. The molecule has 0 spiro atoms. The van der Waals surface area contributed by atoms with Gasteiger partial charge in [0.2, 0.25) is 0 Å². The number of carbonyl (C=O) groups excluding carboxylic acids is 1. The molecule has 1 aromatic carbocycles. The molecule has 2 N–H and O–H groups in total. The first-order valence-electron chi connectivity index (χ1n) is 6.80. The molecule has 0 atom stereocenters. The number of amides is 1. The van der Waals surface area contributed by atoms with Crippen LogP contribution in [0.15, 0.2) is 42.7 Å². The molecule has 0 bridgehead atoms. The van der Waals surface area contributed by atoms with Gasteiger partial charge in [-0.3, -0.25) is 4.79 Å². The second kappa shape index (κ2) is 6.28. The lowest BCUT2D eigenvalue weighted by atomic mass is 10.2. The van der Waals surface area contributed by atoms with Crippen molar-refractivity contribution in [3.63, 3.8) is 0 Å². The second-order valence-corrected chi connectivity index (χ2v) is 5.24. The smallest absolute Gasteiger partial charge is 0.251 e. The summed E-state index contributed by atoms with van der Waals surface area (Å²) in [7, 11) is 2.01. The van der Waals surface area contributed by atoms with Crippen molar-refractivity contribution >= 4 is 11.6 Å². The fourth-order valence-electron chi connectivity index (χ4n) is 1.95. The maximum atomic E-state index is 11.8. The monoisotopic (exact) mass is 271 g/mol. The van der Waals surface area contributed by atoms with E-state index in [1.807, 2.05) is 55.9 Å². The topological polar surface area (TPSA) is 46.1 Å². The largest absolute Gasteiger partial charge is 0.381 e.